The molecule has 0 saturated carbocycles. The van der Waals surface area contributed by atoms with E-state index in [-0.39, 0.29) is 5.91 Å². The van der Waals surface area contributed by atoms with E-state index in [1.807, 2.05) is 72.7 Å². The number of thioether (sulfide) groups is 1. The maximum atomic E-state index is 12.9. The zero-order valence-electron chi connectivity index (χ0n) is 18.5. The number of carbonyl (C=O) groups excluding carboxylic acids is 1. The second-order valence-corrected chi connectivity index (χ2v) is 8.44. The quantitative estimate of drug-likeness (QED) is 0.565. The van der Waals surface area contributed by atoms with Gasteiger partial charge in [-0.25, -0.2) is 4.98 Å². The van der Waals surface area contributed by atoms with E-state index >= 15 is 0 Å². The molecule has 4 rings (SSSR count). The predicted molar refractivity (Wildman–Crippen MR) is 129 cm³/mol. The third-order valence-electron chi connectivity index (χ3n) is 5.39. The van der Waals surface area contributed by atoms with Crippen LogP contribution in [0, 0.1) is 6.92 Å². The Kier molecular flexibility index (Phi) is 6.80. The first-order chi connectivity index (χ1) is 15.6. The molecule has 1 aliphatic rings. The zero-order valence-corrected chi connectivity index (χ0v) is 19.4. The van der Waals surface area contributed by atoms with Crippen LogP contribution in [0.3, 0.4) is 0 Å². The number of nitrogens with one attached hydrogen (secondary N) is 1. The third kappa shape index (κ3) is 5.13. The topological polar surface area (TPSA) is 70.6 Å². The summed E-state index contributed by atoms with van der Waals surface area (Å²) in [4.78, 5) is 27.4. The van der Waals surface area contributed by atoms with E-state index in [1.165, 1.54) is 0 Å². The van der Waals surface area contributed by atoms with Crippen LogP contribution >= 0.6 is 11.8 Å². The standard InChI is InChI=1S/C24H27N5O2S/c1-17-16-22(26-19-6-8-20(31-2)9-7-19)27-24(25-17)29-14-12-28(13-15-29)23(30)18-4-10-21(32-3)11-5-18/h4-11,16H,12-15H2,1-3H3,(H,25,26,27). The van der Waals surface area contributed by atoms with Crippen LogP contribution in [0.5, 0.6) is 5.75 Å². The van der Waals surface area contributed by atoms with Crippen molar-refractivity contribution in [2.24, 2.45) is 0 Å². The van der Waals surface area contributed by atoms with Gasteiger partial charge in [0.05, 0.1) is 7.11 Å². The van der Waals surface area contributed by atoms with Crippen molar-refractivity contribution >= 4 is 35.1 Å². The van der Waals surface area contributed by atoms with Gasteiger partial charge in [-0.1, -0.05) is 0 Å². The molecule has 1 aromatic heterocycles. The summed E-state index contributed by atoms with van der Waals surface area (Å²) < 4.78 is 5.21. The second-order valence-electron chi connectivity index (χ2n) is 7.56. The minimum atomic E-state index is 0.0734. The number of rotatable bonds is 6. The Bertz CT molecular complexity index is 1060. The Morgan fingerprint density at radius 1 is 1.00 bits per heavy atom. The minimum absolute atomic E-state index is 0.0734. The molecule has 3 aromatic rings. The molecule has 1 aliphatic heterocycles. The van der Waals surface area contributed by atoms with Gasteiger partial charge in [-0.05, 0) is 61.7 Å². The fourth-order valence-electron chi connectivity index (χ4n) is 3.61. The Hall–Kier alpha value is -3.26. The summed E-state index contributed by atoms with van der Waals surface area (Å²) in [5.74, 6) is 2.30. The molecule has 0 spiro atoms. The number of carbonyl (C=O) groups is 1. The van der Waals surface area contributed by atoms with E-state index in [2.05, 4.69) is 15.2 Å². The van der Waals surface area contributed by atoms with Crippen LogP contribution in [0.4, 0.5) is 17.5 Å². The molecular formula is C24H27N5O2S. The maximum absolute atomic E-state index is 12.9. The molecule has 0 atom stereocenters. The number of anilines is 3. The van der Waals surface area contributed by atoms with Crippen LogP contribution in [0.2, 0.25) is 0 Å². The van der Waals surface area contributed by atoms with E-state index in [9.17, 15) is 4.79 Å². The molecule has 8 heteroatoms. The SMILES string of the molecule is COc1ccc(Nc2cc(C)nc(N3CCN(C(=O)c4ccc(SC)cc4)CC3)n2)cc1. The third-order valence-corrected chi connectivity index (χ3v) is 6.14. The smallest absolute Gasteiger partial charge is 0.253 e. The average molecular weight is 450 g/mol. The summed E-state index contributed by atoms with van der Waals surface area (Å²) in [5, 5.41) is 3.33. The van der Waals surface area contributed by atoms with Gasteiger partial charge in [0.15, 0.2) is 0 Å². The van der Waals surface area contributed by atoms with Crippen molar-refractivity contribution in [2.45, 2.75) is 11.8 Å². The Morgan fingerprint density at radius 2 is 1.69 bits per heavy atom. The van der Waals surface area contributed by atoms with Gasteiger partial charge >= 0.3 is 0 Å². The molecule has 0 aliphatic carbocycles. The lowest BCUT2D eigenvalue weighted by atomic mass is 10.2. The Balaban J connectivity index is 1.40. The molecule has 1 fully saturated rings. The highest BCUT2D eigenvalue weighted by molar-refractivity contribution is 7.98. The van der Waals surface area contributed by atoms with Gasteiger partial charge in [0, 0.05) is 54.1 Å². The summed E-state index contributed by atoms with van der Waals surface area (Å²) in [7, 11) is 1.65. The molecule has 0 bridgehead atoms. The first-order valence-electron chi connectivity index (χ1n) is 10.5. The zero-order chi connectivity index (χ0) is 22.5. The molecule has 1 amide bonds. The number of hydrogen-bond donors (Lipinski definition) is 1. The number of amides is 1. The van der Waals surface area contributed by atoms with E-state index < -0.39 is 0 Å². The lowest BCUT2D eigenvalue weighted by Gasteiger charge is -2.35. The first kappa shape index (κ1) is 22.0. The lowest BCUT2D eigenvalue weighted by molar-refractivity contribution is 0.0746. The molecule has 1 saturated heterocycles. The van der Waals surface area contributed by atoms with Crippen molar-refractivity contribution in [3.63, 3.8) is 0 Å². The van der Waals surface area contributed by atoms with Crippen molar-refractivity contribution in [2.75, 3.05) is 49.8 Å². The number of aromatic nitrogens is 2. The molecule has 32 heavy (non-hydrogen) atoms. The van der Waals surface area contributed by atoms with Crippen LogP contribution in [0.1, 0.15) is 16.1 Å². The molecular weight excluding hydrogens is 422 g/mol. The van der Waals surface area contributed by atoms with Gasteiger partial charge in [0.2, 0.25) is 5.95 Å². The van der Waals surface area contributed by atoms with Gasteiger partial charge in [-0.15, -0.1) is 11.8 Å². The van der Waals surface area contributed by atoms with Gasteiger partial charge in [0.1, 0.15) is 11.6 Å². The van der Waals surface area contributed by atoms with Gasteiger partial charge < -0.3 is 19.9 Å². The van der Waals surface area contributed by atoms with Crippen LogP contribution in [-0.4, -0.2) is 60.3 Å². The first-order valence-corrected chi connectivity index (χ1v) is 11.7. The van der Waals surface area contributed by atoms with Crippen LogP contribution < -0.4 is 15.0 Å². The highest BCUT2D eigenvalue weighted by Gasteiger charge is 2.24. The fourth-order valence-corrected chi connectivity index (χ4v) is 4.01. The Labute approximate surface area is 192 Å². The van der Waals surface area contributed by atoms with E-state index in [0.29, 0.717) is 32.1 Å². The number of methoxy groups -OCH3 is 1. The Morgan fingerprint density at radius 3 is 2.31 bits per heavy atom. The van der Waals surface area contributed by atoms with Crippen molar-refractivity contribution in [3.05, 3.63) is 65.9 Å². The summed E-state index contributed by atoms with van der Waals surface area (Å²) in [5.41, 5.74) is 2.55. The number of hydrogen-bond acceptors (Lipinski definition) is 7. The van der Waals surface area contributed by atoms with Gasteiger partial charge in [-0.3, -0.25) is 4.79 Å². The predicted octanol–water partition coefficient (Wildman–Crippen LogP) is 4.22. The molecule has 2 heterocycles. The van der Waals surface area contributed by atoms with Crippen molar-refractivity contribution in [3.8, 4) is 5.75 Å². The van der Waals surface area contributed by atoms with Gasteiger partial charge in [-0.2, -0.15) is 4.98 Å². The largest absolute Gasteiger partial charge is 0.497 e. The van der Waals surface area contributed by atoms with Crippen LogP contribution in [-0.2, 0) is 0 Å². The fraction of sp³-hybridized carbons (Fsp3) is 0.292. The molecule has 0 unspecified atom stereocenters. The van der Waals surface area contributed by atoms with E-state index in [1.54, 1.807) is 18.9 Å². The van der Waals surface area contributed by atoms with Crippen molar-refractivity contribution in [1.82, 2.24) is 14.9 Å². The summed E-state index contributed by atoms with van der Waals surface area (Å²) >= 11 is 1.67. The lowest BCUT2D eigenvalue weighted by Crippen LogP contribution is -2.49. The molecule has 7 nitrogen and oxygen atoms in total. The molecule has 0 radical (unpaired) electrons. The minimum Gasteiger partial charge on any atom is -0.497 e. The van der Waals surface area contributed by atoms with Crippen LogP contribution in [0.15, 0.2) is 59.5 Å². The van der Waals surface area contributed by atoms with E-state index in [0.717, 1.165) is 33.4 Å². The summed E-state index contributed by atoms with van der Waals surface area (Å²) in [6.07, 6.45) is 2.03. The number of aryl methyl sites for hydroxylation is 1. The molecule has 166 valence electrons. The number of ether oxygens (including phenoxy) is 1. The normalized spacial score (nSPS) is 13.7. The number of benzene rings is 2. The van der Waals surface area contributed by atoms with Crippen molar-refractivity contribution < 1.29 is 9.53 Å². The number of piperazine rings is 1. The summed E-state index contributed by atoms with van der Waals surface area (Å²) in [6, 6.07) is 17.4. The maximum Gasteiger partial charge on any atom is 0.253 e. The highest BCUT2D eigenvalue weighted by Crippen LogP contribution is 2.22. The molecule has 1 N–H and O–H groups in total. The monoisotopic (exact) mass is 449 g/mol. The average Bonchev–Trinajstić information content (AvgIpc) is 2.84. The van der Waals surface area contributed by atoms with Crippen molar-refractivity contribution in [1.29, 1.82) is 0 Å². The van der Waals surface area contributed by atoms with Gasteiger partial charge in [0.25, 0.3) is 5.91 Å². The number of nitrogens with zero attached hydrogens (tertiary/aromatic N) is 4. The summed E-state index contributed by atoms with van der Waals surface area (Å²) in [6.45, 7) is 4.63. The second kappa shape index (κ2) is 9.91. The van der Waals surface area contributed by atoms with E-state index in [4.69, 9.17) is 9.72 Å². The highest BCUT2D eigenvalue weighted by atomic mass is 32.2. The molecule has 2 aromatic carbocycles. The van der Waals surface area contributed by atoms with Crippen LogP contribution in [0.25, 0.3) is 0 Å².